The van der Waals surface area contributed by atoms with E-state index in [2.05, 4.69) is 16.0 Å². The highest BCUT2D eigenvalue weighted by Crippen LogP contribution is 2.29. The quantitative estimate of drug-likeness (QED) is 0.593. The number of benzene rings is 3. The molecule has 0 aromatic heterocycles. The first-order valence-electron chi connectivity index (χ1n) is 8.38. The van der Waals surface area contributed by atoms with Crippen molar-refractivity contribution in [1.29, 1.82) is 0 Å². The predicted molar refractivity (Wildman–Crippen MR) is 106 cm³/mol. The average molecular weight is 361 g/mol. The summed E-state index contributed by atoms with van der Waals surface area (Å²) in [7, 11) is 0. The van der Waals surface area contributed by atoms with E-state index in [1.807, 2.05) is 42.5 Å². The molecular formula is C21H19N3O3. The lowest BCUT2D eigenvalue weighted by molar-refractivity contribution is -0.114. The molecule has 0 bridgehead atoms. The van der Waals surface area contributed by atoms with Crippen molar-refractivity contribution in [2.75, 3.05) is 16.0 Å². The van der Waals surface area contributed by atoms with Gasteiger partial charge in [0.25, 0.3) is 0 Å². The SMILES string of the molecule is CC(=O)Nc1cccc(NC(=O)Nc2ccccc2Oc2ccccc2)c1. The number of hydrogen-bond acceptors (Lipinski definition) is 3. The fourth-order valence-electron chi connectivity index (χ4n) is 2.44. The topological polar surface area (TPSA) is 79.5 Å². The van der Waals surface area contributed by atoms with E-state index in [9.17, 15) is 9.59 Å². The van der Waals surface area contributed by atoms with E-state index in [4.69, 9.17) is 4.74 Å². The van der Waals surface area contributed by atoms with Crippen molar-refractivity contribution in [3.63, 3.8) is 0 Å². The van der Waals surface area contributed by atoms with E-state index in [-0.39, 0.29) is 5.91 Å². The van der Waals surface area contributed by atoms with Crippen LogP contribution in [0.3, 0.4) is 0 Å². The molecule has 0 spiro atoms. The Labute approximate surface area is 157 Å². The molecule has 0 fully saturated rings. The van der Waals surface area contributed by atoms with Crippen LogP contribution in [0.1, 0.15) is 6.92 Å². The third kappa shape index (κ3) is 5.34. The zero-order valence-electron chi connectivity index (χ0n) is 14.7. The lowest BCUT2D eigenvalue weighted by Crippen LogP contribution is -2.19. The lowest BCUT2D eigenvalue weighted by Gasteiger charge is -2.13. The number of hydrogen-bond donors (Lipinski definition) is 3. The minimum absolute atomic E-state index is 0.177. The van der Waals surface area contributed by atoms with Crippen LogP contribution in [0.5, 0.6) is 11.5 Å². The molecule has 27 heavy (non-hydrogen) atoms. The number of rotatable bonds is 5. The summed E-state index contributed by atoms with van der Waals surface area (Å²) >= 11 is 0. The average Bonchev–Trinajstić information content (AvgIpc) is 2.64. The predicted octanol–water partition coefficient (Wildman–Crippen LogP) is 5.08. The van der Waals surface area contributed by atoms with Crippen molar-refractivity contribution < 1.29 is 14.3 Å². The van der Waals surface area contributed by atoms with Crippen molar-refractivity contribution in [3.05, 3.63) is 78.9 Å². The van der Waals surface area contributed by atoms with Gasteiger partial charge in [-0.15, -0.1) is 0 Å². The van der Waals surface area contributed by atoms with E-state index >= 15 is 0 Å². The van der Waals surface area contributed by atoms with Crippen LogP contribution in [0.15, 0.2) is 78.9 Å². The molecule has 3 N–H and O–H groups in total. The summed E-state index contributed by atoms with van der Waals surface area (Å²) in [6, 6.07) is 23.0. The Morgan fingerprint density at radius 2 is 1.41 bits per heavy atom. The number of anilines is 3. The van der Waals surface area contributed by atoms with Gasteiger partial charge in [0.2, 0.25) is 5.91 Å². The third-order valence-electron chi connectivity index (χ3n) is 3.55. The van der Waals surface area contributed by atoms with Gasteiger partial charge in [0, 0.05) is 18.3 Å². The highest BCUT2D eigenvalue weighted by Gasteiger charge is 2.09. The standard InChI is InChI=1S/C21H19N3O3/c1-15(25)22-16-8-7-9-17(14-16)23-21(26)24-19-12-5-6-13-20(19)27-18-10-3-2-4-11-18/h2-14H,1H3,(H,22,25)(H2,23,24,26). The molecule has 0 aliphatic rings. The van der Waals surface area contributed by atoms with Gasteiger partial charge in [-0.25, -0.2) is 4.79 Å². The normalized spacial score (nSPS) is 9.96. The van der Waals surface area contributed by atoms with Crippen LogP contribution in [0, 0.1) is 0 Å². The van der Waals surface area contributed by atoms with Crippen LogP contribution in [-0.2, 0) is 4.79 Å². The van der Waals surface area contributed by atoms with E-state index in [1.165, 1.54) is 6.92 Å². The van der Waals surface area contributed by atoms with Crippen LogP contribution in [0.25, 0.3) is 0 Å². The first-order chi connectivity index (χ1) is 13.1. The Balaban J connectivity index is 1.69. The Bertz CT molecular complexity index is 942. The van der Waals surface area contributed by atoms with Crippen molar-refractivity contribution in [2.24, 2.45) is 0 Å². The minimum Gasteiger partial charge on any atom is -0.455 e. The summed E-state index contributed by atoms with van der Waals surface area (Å²) in [5.74, 6) is 1.03. The summed E-state index contributed by atoms with van der Waals surface area (Å²) < 4.78 is 5.83. The fourth-order valence-corrected chi connectivity index (χ4v) is 2.44. The number of carbonyl (C=O) groups excluding carboxylic acids is 2. The van der Waals surface area contributed by atoms with Gasteiger partial charge in [-0.1, -0.05) is 36.4 Å². The monoisotopic (exact) mass is 361 g/mol. The number of amides is 3. The number of nitrogens with one attached hydrogen (secondary N) is 3. The molecule has 0 unspecified atom stereocenters. The van der Waals surface area contributed by atoms with Crippen LogP contribution < -0.4 is 20.7 Å². The zero-order valence-corrected chi connectivity index (χ0v) is 14.7. The summed E-state index contributed by atoms with van der Waals surface area (Å²) in [4.78, 5) is 23.5. The maximum absolute atomic E-state index is 12.4. The summed E-state index contributed by atoms with van der Waals surface area (Å²) in [6.07, 6.45) is 0. The Morgan fingerprint density at radius 3 is 2.15 bits per heavy atom. The number of para-hydroxylation sites is 3. The Hall–Kier alpha value is -3.80. The Morgan fingerprint density at radius 1 is 0.741 bits per heavy atom. The maximum Gasteiger partial charge on any atom is 0.323 e. The summed E-state index contributed by atoms with van der Waals surface area (Å²) in [6.45, 7) is 1.43. The first kappa shape index (κ1) is 18.0. The van der Waals surface area contributed by atoms with Crippen molar-refractivity contribution in [1.82, 2.24) is 0 Å². The van der Waals surface area contributed by atoms with E-state index < -0.39 is 6.03 Å². The van der Waals surface area contributed by atoms with Crippen LogP contribution in [0.4, 0.5) is 21.9 Å². The smallest absolute Gasteiger partial charge is 0.323 e. The number of ether oxygens (including phenoxy) is 1. The molecule has 3 aromatic rings. The van der Waals surface area contributed by atoms with Gasteiger partial charge in [0.15, 0.2) is 5.75 Å². The molecule has 0 saturated carbocycles. The summed E-state index contributed by atoms with van der Waals surface area (Å²) in [5.41, 5.74) is 1.70. The second kappa shape index (κ2) is 8.53. The molecule has 6 heteroatoms. The molecule has 3 aromatic carbocycles. The largest absolute Gasteiger partial charge is 0.455 e. The first-order valence-corrected chi connectivity index (χ1v) is 8.38. The molecular weight excluding hydrogens is 342 g/mol. The van der Waals surface area contributed by atoms with Crippen molar-refractivity contribution >= 4 is 29.0 Å². The minimum atomic E-state index is -0.418. The molecule has 0 saturated heterocycles. The highest BCUT2D eigenvalue weighted by atomic mass is 16.5. The van der Waals surface area contributed by atoms with E-state index in [0.29, 0.717) is 28.6 Å². The van der Waals surface area contributed by atoms with Crippen LogP contribution in [0.2, 0.25) is 0 Å². The molecule has 0 heterocycles. The van der Waals surface area contributed by atoms with Gasteiger partial charge < -0.3 is 20.7 Å². The van der Waals surface area contributed by atoms with Crippen LogP contribution in [-0.4, -0.2) is 11.9 Å². The van der Waals surface area contributed by atoms with E-state index in [1.54, 1.807) is 36.4 Å². The molecule has 0 atom stereocenters. The van der Waals surface area contributed by atoms with Crippen molar-refractivity contribution in [2.45, 2.75) is 6.92 Å². The van der Waals surface area contributed by atoms with Gasteiger partial charge >= 0.3 is 6.03 Å². The van der Waals surface area contributed by atoms with Gasteiger partial charge in [-0.2, -0.15) is 0 Å². The van der Waals surface area contributed by atoms with Gasteiger partial charge in [-0.05, 0) is 42.5 Å². The number of carbonyl (C=O) groups is 2. The van der Waals surface area contributed by atoms with Gasteiger partial charge in [0.05, 0.1) is 5.69 Å². The fraction of sp³-hybridized carbons (Fsp3) is 0.0476. The Kier molecular flexibility index (Phi) is 5.69. The maximum atomic E-state index is 12.4. The molecule has 136 valence electrons. The third-order valence-corrected chi connectivity index (χ3v) is 3.55. The zero-order chi connectivity index (χ0) is 19.1. The molecule has 3 amide bonds. The number of urea groups is 1. The van der Waals surface area contributed by atoms with Crippen molar-refractivity contribution in [3.8, 4) is 11.5 Å². The second-order valence-electron chi connectivity index (χ2n) is 5.75. The van der Waals surface area contributed by atoms with E-state index in [0.717, 1.165) is 0 Å². The molecule has 0 radical (unpaired) electrons. The molecule has 3 rings (SSSR count). The van der Waals surface area contributed by atoms with Gasteiger partial charge in [-0.3, -0.25) is 4.79 Å². The van der Waals surface area contributed by atoms with Gasteiger partial charge in [0.1, 0.15) is 5.75 Å². The molecule has 0 aliphatic carbocycles. The lowest BCUT2D eigenvalue weighted by atomic mass is 10.2. The summed E-state index contributed by atoms with van der Waals surface area (Å²) in [5, 5.41) is 8.19. The molecule has 0 aliphatic heterocycles. The highest BCUT2D eigenvalue weighted by molar-refractivity contribution is 6.01. The van der Waals surface area contributed by atoms with Crippen LogP contribution >= 0.6 is 0 Å². The second-order valence-corrected chi connectivity index (χ2v) is 5.75. The molecule has 6 nitrogen and oxygen atoms in total.